The summed E-state index contributed by atoms with van der Waals surface area (Å²) in [7, 11) is 0. The Bertz CT molecular complexity index is 953. The van der Waals surface area contributed by atoms with Gasteiger partial charge in [-0.25, -0.2) is 9.37 Å². The lowest BCUT2D eigenvalue weighted by atomic mass is 10.0. The zero-order valence-electron chi connectivity index (χ0n) is 17.2. The number of piperazine rings is 1. The molecule has 3 aromatic rings. The highest BCUT2D eigenvalue weighted by Crippen LogP contribution is 2.30. The van der Waals surface area contributed by atoms with Crippen molar-refractivity contribution in [2.75, 3.05) is 24.5 Å². The van der Waals surface area contributed by atoms with Crippen molar-refractivity contribution in [3.63, 3.8) is 0 Å². The van der Waals surface area contributed by atoms with E-state index in [1.54, 1.807) is 30.7 Å². The van der Waals surface area contributed by atoms with Gasteiger partial charge < -0.3 is 4.90 Å². The van der Waals surface area contributed by atoms with Crippen LogP contribution in [-0.4, -0.2) is 44.3 Å². The molecule has 1 atom stereocenters. The van der Waals surface area contributed by atoms with Crippen LogP contribution in [0.2, 0.25) is 0 Å². The fraction of sp³-hybridized carbons (Fsp3) is 0.409. The van der Waals surface area contributed by atoms with Crippen LogP contribution in [0.1, 0.15) is 35.5 Å². The summed E-state index contributed by atoms with van der Waals surface area (Å²) in [4.78, 5) is 13.4. The molecule has 6 nitrogen and oxygen atoms in total. The molecule has 1 unspecified atom stereocenters. The van der Waals surface area contributed by atoms with Gasteiger partial charge in [0.1, 0.15) is 11.6 Å². The van der Waals surface area contributed by atoms with Gasteiger partial charge in [-0.15, -0.1) is 0 Å². The first kappa shape index (κ1) is 19.5. The molecule has 2 aromatic heterocycles. The Labute approximate surface area is 171 Å². The number of benzene rings is 1. The molecule has 1 aromatic carbocycles. The molecule has 4 rings (SSSR count). The van der Waals surface area contributed by atoms with Gasteiger partial charge in [0.25, 0.3) is 0 Å². The third-order valence-electron chi connectivity index (χ3n) is 5.81. The van der Waals surface area contributed by atoms with E-state index in [9.17, 15) is 4.39 Å². The van der Waals surface area contributed by atoms with Crippen molar-refractivity contribution in [2.45, 2.75) is 39.9 Å². The van der Waals surface area contributed by atoms with E-state index in [0.717, 1.165) is 49.8 Å². The van der Waals surface area contributed by atoms with Gasteiger partial charge in [0.05, 0.1) is 17.9 Å². The van der Waals surface area contributed by atoms with E-state index in [0.29, 0.717) is 0 Å². The molecule has 7 heteroatoms. The average molecular weight is 394 g/mol. The Balaban J connectivity index is 1.63. The maximum Gasteiger partial charge on any atom is 0.147 e. The summed E-state index contributed by atoms with van der Waals surface area (Å²) in [6.07, 6.45) is 5.21. The number of rotatable bonds is 5. The molecule has 1 saturated heterocycles. The quantitative estimate of drug-likeness (QED) is 0.663. The largest absolute Gasteiger partial charge is 0.352 e. The van der Waals surface area contributed by atoms with Crippen molar-refractivity contribution in [3.05, 3.63) is 71.2 Å². The molecule has 0 aliphatic carbocycles. The molecule has 1 aliphatic heterocycles. The number of hydrogen-bond donors (Lipinski definition) is 0. The Kier molecular flexibility index (Phi) is 5.58. The lowest BCUT2D eigenvalue weighted by molar-refractivity contribution is 0.168. The van der Waals surface area contributed by atoms with E-state index >= 15 is 0 Å². The zero-order chi connectivity index (χ0) is 20.4. The summed E-state index contributed by atoms with van der Waals surface area (Å²) >= 11 is 0. The number of halogens is 1. The molecule has 152 valence electrons. The monoisotopic (exact) mass is 394 g/mol. The second kappa shape index (κ2) is 8.29. The molecule has 1 aliphatic rings. The first-order chi connectivity index (χ1) is 14.1. The predicted molar refractivity (Wildman–Crippen MR) is 111 cm³/mol. The topological polar surface area (TPSA) is 50.1 Å². The highest BCUT2D eigenvalue weighted by molar-refractivity contribution is 5.38. The molecular formula is C22H27FN6. The molecule has 1 fully saturated rings. The van der Waals surface area contributed by atoms with Crippen molar-refractivity contribution >= 4 is 5.82 Å². The van der Waals surface area contributed by atoms with Crippen LogP contribution in [0.25, 0.3) is 0 Å². The van der Waals surface area contributed by atoms with Crippen molar-refractivity contribution in [3.8, 4) is 0 Å². The maximum atomic E-state index is 13.5. The minimum Gasteiger partial charge on any atom is -0.352 e. The lowest BCUT2D eigenvalue weighted by Gasteiger charge is -2.42. The van der Waals surface area contributed by atoms with Gasteiger partial charge in [0, 0.05) is 56.4 Å². The summed E-state index contributed by atoms with van der Waals surface area (Å²) in [6, 6.07) is 7.00. The number of hydrogen-bond acceptors (Lipinski definition) is 5. The second-order valence-corrected chi connectivity index (χ2v) is 7.51. The van der Waals surface area contributed by atoms with E-state index in [-0.39, 0.29) is 11.9 Å². The second-order valence-electron chi connectivity index (χ2n) is 7.51. The average Bonchev–Trinajstić information content (AvgIpc) is 3.03. The third-order valence-corrected chi connectivity index (χ3v) is 5.81. The molecule has 0 radical (unpaired) electrons. The Hall–Kier alpha value is -2.80. The van der Waals surface area contributed by atoms with E-state index in [4.69, 9.17) is 0 Å². The normalized spacial score (nSPS) is 17.7. The summed E-state index contributed by atoms with van der Waals surface area (Å²) in [5.74, 6) is 0.670. The van der Waals surface area contributed by atoms with Crippen LogP contribution in [0.5, 0.6) is 0 Å². The predicted octanol–water partition coefficient (Wildman–Crippen LogP) is 3.51. The first-order valence-electron chi connectivity index (χ1n) is 10.1. The zero-order valence-corrected chi connectivity index (χ0v) is 17.2. The molecule has 0 bridgehead atoms. The standard InChI is InChI=1S/C22H27FN6/c1-4-29-17(3)20(16(2)26-29)14-27-11-12-28(22-13-24-9-10-25-22)15-21(27)18-5-7-19(23)8-6-18/h5-10,13,21H,4,11-12,14-15H2,1-3H3. The van der Waals surface area contributed by atoms with Crippen molar-refractivity contribution in [1.29, 1.82) is 0 Å². The van der Waals surface area contributed by atoms with Gasteiger partial charge in [-0.3, -0.25) is 14.6 Å². The molecule has 29 heavy (non-hydrogen) atoms. The number of aromatic nitrogens is 4. The van der Waals surface area contributed by atoms with Crippen LogP contribution in [0.4, 0.5) is 10.2 Å². The van der Waals surface area contributed by atoms with Gasteiger partial charge in [0.2, 0.25) is 0 Å². The van der Waals surface area contributed by atoms with Crippen LogP contribution in [0.15, 0.2) is 42.9 Å². The van der Waals surface area contributed by atoms with Crippen molar-refractivity contribution < 1.29 is 4.39 Å². The summed E-state index contributed by atoms with van der Waals surface area (Å²) < 4.78 is 15.6. The molecule has 0 saturated carbocycles. The van der Waals surface area contributed by atoms with E-state index < -0.39 is 0 Å². The molecule has 0 spiro atoms. The Morgan fingerprint density at radius 1 is 1.10 bits per heavy atom. The Morgan fingerprint density at radius 2 is 1.90 bits per heavy atom. The third kappa shape index (κ3) is 4.00. The fourth-order valence-electron chi connectivity index (χ4n) is 4.15. The lowest BCUT2D eigenvalue weighted by Crippen LogP contribution is -2.48. The minimum atomic E-state index is -0.210. The number of anilines is 1. The molecule has 3 heterocycles. The smallest absolute Gasteiger partial charge is 0.147 e. The summed E-state index contributed by atoms with van der Waals surface area (Å²) in [5.41, 5.74) is 4.70. The van der Waals surface area contributed by atoms with Gasteiger partial charge >= 0.3 is 0 Å². The van der Waals surface area contributed by atoms with E-state index in [1.165, 1.54) is 11.3 Å². The van der Waals surface area contributed by atoms with Gasteiger partial charge in [-0.05, 0) is 38.5 Å². The van der Waals surface area contributed by atoms with Crippen LogP contribution < -0.4 is 4.90 Å². The number of nitrogens with zero attached hydrogens (tertiary/aromatic N) is 6. The van der Waals surface area contributed by atoms with Gasteiger partial charge in [-0.1, -0.05) is 12.1 Å². The Morgan fingerprint density at radius 3 is 2.55 bits per heavy atom. The molecule has 0 N–H and O–H groups in total. The SMILES string of the molecule is CCn1nc(C)c(CN2CCN(c3cnccn3)CC2c2ccc(F)cc2)c1C. The van der Waals surface area contributed by atoms with E-state index in [2.05, 4.69) is 50.3 Å². The number of aryl methyl sites for hydroxylation is 2. The van der Waals surface area contributed by atoms with Crippen LogP contribution >= 0.6 is 0 Å². The highest BCUT2D eigenvalue weighted by Gasteiger charge is 2.30. The summed E-state index contributed by atoms with van der Waals surface area (Å²) in [6.45, 7) is 10.6. The van der Waals surface area contributed by atoms with Gasteiger partial charge in [0.15, 0.2) is 0 Å². The fourth-order valence-corrected chi connectivity index (χ4v) is 4.15. The van der Waals surface area contributed by atoms with Crippen LogP contribution in [0.3, 0.4) is 0 Å². The van der Waals surface area contributed by atoms with Gasteiger partial charge in [-0.2, -0.15) is 5.10 Å². The van der Waals surface area contributed by atoms with E-state index in [1.807, 2.05) is 12.1 Å². The maximum absolute atomic E-state index is 13.5. The van der Waals surface area contributed by atoms with Crippen LogP contribution in [-0.2, 0) is 13.1 Å². The van der Waals surface area contributed by atoms with Crippen molar-refractivity contribution in [2.24, 2.45) is 0 Å². The highest BCUT2D eigenvalue weighted by atomic mass is 19.1. The summed E-state index contributed by atoms with van der Waals surface area (Å²) in [5, 5.41) is 4.68. The minimum absolute atomic E-state index is 0.134. The molecular weight excluding hydrogens is 367 g/mol. The van der Waals surface area contributed by atoms with Crippen molar-refractivity contribution in [1.82, 2.24) is 24.6 Å². The van der Waals surface area contributed by atoms with Crippen LogP contribution in [0, 0.1) is 19.7 Å². The molecule has 0 amide bonds. The first-order valence-corrected chi connectivity index (χ1v) is 10.1.